The summed E-state index contributed by atoms with van der Waals surface area (Å²) in [4.78, 5) is 12.2. The second kappa shape index (κ2) is 9.69. The summed E-state index contributed by atoms with van der Waals surface area (Å²) in [5.74, 6) is -0.793. The summed E-state index contributed by atoms with van der Waals surface area (Å²) in [5, 5.41) is 2.62. The van der Waals surface area contributed by atoms with Gasteiger partial charge in [0.15, 0.2) is 0 Å². The normalized spacial score (nSPS) is 11.6. The Bertz CT molecular complexity index is 966. The van der Waals surface area contributed by atoms with E-state index < -0.39 is 15.9 Å². The molecule has 2 N–H and O–H groups in total. The molecule has 0 atom stereocenters. The predicted molar refractivity (Wildman–Crippen MR) is 109 cm³/mol. The quantitative estimate of drug-likeness (QED) is 0.642. The Morgan fingerprint density at radius 2 is 1.86 bits per heavy atom. The molecule has 0 heterocycles. The van der Waals surface area contributed by atoms with Crippen molar-refractivity contribution in [3.8, 4) is 0 Å². The molecular weight excluding hydrogens is 426 g/mol. The van der Waals surface area contributed by atoms with Crippen LogP contribution < -0.4 is 10.0 Å². The fourth-order valence-corrected chi connectivity index (χ4v) is 4.44. The van der Waals surface area contributed by atoms with Crippen LogP contribution in [-0.4, -0.2) is 27.4 Å². The first-order valence-electron chi connectivity index (χ1n) is 8.61. The van der Waals surface area contributed by atoms with E-state index >= 15 is 0 Å². The molecule has 0 unspecified atom stereocenters. The van der Waals surface area contributed by atoms with Gasteiger partial charge in [-0.05, 0) is 42.2 Å². The van der Waals surface area contributed by atoms with Crippen LogP contribution in [0.5, 0.6) is 0 Å². The summed E-state index contributed by atoms with van der Waals surface area (Å²) in [6.07, 6.45) is 0.413. The number of nitrogens with one attached hydrogen (secondary N) is 2. The van der Waals surface area contributed by atoms with Gasteiger partial charge in [0.25, 0.3) is 5.91 Å². The Labute approximate surface area is 174 Å². The van der Waals surface area contributed by atoms with Crippen molar-refractivity contribution in [1.29, 1.82) is 0 Å². The maximum Gasteiger partial charge on any atom is 0.252 e. The molecular formula is C19H21Cl2FN2O3S. The van der Waals surface area contributed by atoms with E-state index in [1.165, 1.54) is 18.2 Å². The topological polar surface area (TPSA) is 75.3 Å². The SMILES string of the molecule is CC(C)CNS(=O)(=O)c1cc(C(=O)NCCc2cccc(F)c2)c(Cl)cc1Cl. The third kappa shape index (κ3) is 6.17. The maximum atomic E-state index is 13.2. The lowest BCUT2D eigenvalue weighted by atomic mass is 10.1. The minimum absolute atomic E-state index is 0.00442. The summed E-state index contributed by atoms with van der Waals surface area (Å²) < 4.78 is 40.6. The van der Waals surface area contributed by atoms with Crippen molar-refractivity contribution >= 4 is 39.1 Å². The molecule has 152 valence electrons. The standard InChI is InChI=1S/C19H21Cl2FN2O3S/c1-12(2)11-24-28(26,27)18-9-15(16(20)10-17(18)21)19(25)23-7-6-13-4-3-5-14(22)8-13/h3-5,8-10,12,24H,6-7,11H2,1-2H3,(H,23,25). The molecule has 0 saturated heterocycles. The second-order valence-corrected chi connectivity index (χ2v) is 9.19. The van der Waals surface area contributed by atoms with Crippen molar-refractivity contribution < 1.29 is 17.6 Å². The Morgan fingerprint density at radius 1 is 1.14 bits per heavy atom. The van der Waals surface area contributed by atoms with Crippen molar-refractivity contribution in [3.63, 3.8) is 0 Å². The molecule has 28 heavy (non-hydrogen) atoms. The lowest BCUT2D eigenvalue weighted by Gasteiger charge is -2.13. The van der Waals surface area contributed by atoms with Gasteiger partial charge in [0.05, 0.1) is 15.6 Å². The number of carbonyl (C=O) groups excluding carboxylic acids is 1. The molecule has 0 radical (unpaired) electrons. The van der Waals surface area contributed by atoms with Gasteiger partial charge in [-0.15, -0.1) is 0 Å². The highest BCUT2D eigenvalue weighted by Gasteiger charge is 2.22. The number of hydrogen-bond acceptors (Lipinski definition) is 3. The lowest BCUT2D eigenvalue weighted by molar-refractivity contribution is 0.0954. The molecule has 0 bridgehead atoms. The van der Waals surface area contributed by atoms with Crippen molar-refractivity contribution in [3.05, 3.63) is 63.4 Å². The smallest absolute Gasteiger partial charge is 0.252 e. The van der Waals surface area contributed by atoms with Gasteiger partial charge in [-0.3, -0.25) is 4.79 Å². The molecule has 5 nitrogen and oxygen atoms in total. The minimum Gasteiger partial charge on any atom is -0.352 e. The van der Waals surface area contributed by atoms with E-state index in [0.717, 1.165) is 11.6 Å². The van der Waals surface area contributed by atoms with Crippen molar-refractivity contribution in [1.82, 2.24) is 10.0 Å². The van der Waals surface area contributed by atoms with E-state index in [1.54, 1.807) is 12.1 Å². The van der Waals surface area contributed by atoms with E-state index in [-0.39, 0.29) is 45.3 Å². The fourth-order valence-electron chi connectivity index (χ4n) is 2.37. The molecule has 2 aromatic rings. The summed E-state index contributed by atoms with van der Waals surface area (Å²) >= 11 is 12.1. The van der Waals surface area contributed by atoms with Crippen LogP contribution >= 0.6 is 23.2 Å². The zero-order valence-electron chi connectivity index (χ0n) is 15.4. The number of halogens is 3. The average Bonchev–Trinajstić information content (AvgIpc) is 2.60. The molecule has 0 spiro atoms. The van der Waals surface area contributed by atoms with Crippen molar-refractivity contribution in [2.24, 2.45) is 5.92 Å². The Balaban J connectivity index is 2.14. The van der Waals surface area contributed by atoms with Crippen molar-refractivity contribution in [2.45, 2.75) is 25.2 Å². The van der Waals surface area contributed by atoms with Crippen LogP contribution in [0.3, 0.4) is 0 Å². The molecule has 0 fully saturated rings. The van der Waals surface area contributed by atoms with Crippen LogP contribution in [0.15, 0.2) is 41.3 Å². The summed E-state index contributed by atoms with van der Waals surface area (Å²) in [6, 6.07) is 8.44. The molecule has 2 aromatic carbocycles. The second-order valence-electron chi connectivity index (χ2n) is 6.64. The summed E-state index contributed by atoms with van der Waals surface area (Å²) in [7, 11) is -3.89. The van der Waals surface area contributed by atoms with Gasteiger partial charge < -0.3 is 5.32 Å². The largest absolute Gasteiger partial charge is 0.352 e. The van der Waals surface area contributed by atoms with E-state index in [1.807, 2.05) is 13.8 Å². The maximum absolute atomic E-state index is 13.2. The highest BCUT2D eigenvalue weighted by molar-refractivity contribution is 7.89. The average molecular weight is 447 g/mol. The molecule has 1 amide bonds. The zero-order valence-corrected chi connectivity index (χ0v) is 17.8. The van der Waals surface area contributed by atoms with E-state index in [0.29, 0.717) is 6.42 Å². The van der Waals surface area contributed by atoms with E-state index in [4.69, 9.17) is 23.2 Å². The number of benzene rings is 2. The van der Waals surface area contributed by atoms with Crippen molar-refractivity contribution in [2.75, 3.05) is 13.1 Å². The van der Waals surface area contributed by atoms with Gasteiger partial charge in [-0.1, -0.05) is 49.2 Å². The number of carbonyl (C=O) groups is 1. The van der Waals surface area contributed by atoms with Gasteiger partial charge in [-0.2, -0.15) is 0 Å². The molecule has 0 aromatic heterocycles. The van der Waals surface area contributed by atoms with Gasteiger partial charge in [0.2, 0.25) is 10.0 Å². The fraction of sp³-hybridized carbons (Fsp3) is 0.316. The van der Waals surface area contributed by atoms with Gasteiger partial charge in [-0.25, -0.2) is 17.5 Å². The van der Waals surface area contributed by atoms with Crippen LogP contribution in [0.4, 0.5) is 4.39 Å². The third-order valence-electron chi connectivity index (χ3n) is 3.83. The highest BCUT2D eigenvalue weighted by Crippen LogP contribution is 2.28. The van der Waals surface area contributed by atoms with Crippen LogP contribution in [0.2, 0.25) is 10.0 Å². The Hall–Kier alpha value is -1.67. The van der Waals surface area contributed by atoms with Gasteiger partial charge in [0.1, 0.15) is 10.7 Å². The number of hydrogen-bond donors (Lipinski definition) is 2. The minimum atomic E-state index is -3.89. The number of sulfonamides is 1. The first-order valence-corrected chi connectivity index (χ1v) is 10.9. The van der Waals surface area contributed by atoms with E-state index in [2.05, 4.69) is 10.0 Å². The number of amides is 1. The summed E-state index contributed by atoms with van der Waals surface area (Å²) in [6.45, 7) is 4.19. The monoisotopic (exact) mass is 446 g/mol. The molecule has 0 saturated carbocycles. The number of rotatable bonds is 8. The van der Waals surface area contributed by atoms with Gasteiger partial charge >= 0.3 is 0 Å². The Morgan fingerprint density at radius 3 is 2.50 bits per heavy atom. The lowest BCUT2D eigenvalue weighted by Crippen LogP contribution is -2.29. The van der Waals surface area contributed by atoms with Crippen LogP contribution in [0.1, 0.15) is 29.8 Å². The first kappa shape index (κ1) is 22.6. The first-order chi connectivity index (χ1) is 13.1. The van der Waals surface area contributed by atoms with Gasteiger partial charge in [0, 0.05) is 13.1 Å². The van der Waals surface area contributed by atoms with Crippen LogP contribution in [0.25, 0.3) is 0 Å². The molecule has 0 aliphatic carbocycles. The predicted octanol–water partition coefficient (Wildman–Crippen LogP) is 4.04. The van der Waals surface area contributed by atoms with E-state index in [9.17, 15) is 17.6 Å². The molecule has 0 aliphatic heterocycles. The molecule has 9 heteroatoms. The Kier molecular flexibility index (Phi) is 7.83. The van der Waals surface area contributed by atoms with Crippen LogP contribution in [-0.2, 0) is 16.4 Å². The third-order valence-corrected chi connectivity index (χ3v) is 6.03. The van der Waals surface area contributed by atoms with Crippen LogP contribution in [0, 0.1) is 11.7 Å². The molecule has 0 aliphatic rings. The summed E-state index contributed by atoms with van der Waals surface area (Å²) in [5.41, 5.74) is 0.721. The molecule has 2 rings (SSSR count). The highest BCUT2D eigenvalue weighted by atomic mass is 35.5. The zero-order chi connectivity index (χ0) is 20.9.